The fourth-order valence-corrected chi connectivity index (χ4v) is 5.13. The monoisotopic (exact) mass is 420 g/mol. The summed E-state index contributed by atoms with van der Waals surface area (Å²) in [5.41, 5.74) is 4.16. The van der Waals surface area contributed by atoms with Crippen LogP contribution < -0.4 is 4.74 Å². The number of piperidine rings is 1. The van der Waals surface area contributed by atoms with Crippen LogP contribution in [0.4, 0.5) is 0 Å². The van der Waals surface area contributed by atoms with Crippen molar-refractivity contribution in [1.29, 1.82) is 0 Å². The molecule has 0 aromatic heterocycles. The molecule has 4 nitrogen and oxygen atoms in total. The maximum Gasteiger partial charge on any atom is 0.260 e. The number of hydrogen-bond donors (Lipinski definition) is 0. The van der Waals surface area contributed by atoms with Gasteiger partial charge in [0.25, 0.3) is 5.91 Å². The first kappa shape index (κ1) is 21.9. The van der Waals surface area contributed by atoms with E-state index in [0.717, 1.165) is 51.2 Å². The van der Waals surface area contributed by atoms with Crippen LogP contribution in [0.15, 0.2) is 48.5 Å². The summed E-state index contributed by atoms with van der Waals surface area (Å²) in [6.45, 7) is 6.35. The largest absolute Gasteiger partial charge is 0.483 e. The van der Waals surface area contributed by atoms with E-state index in [9.17, 15) is 4.79 Å². The van der Waals surface area contributed by atoms with Crippen molar-refractivity contribution in [3.05, 3.63) is 65.2 Å². The lowest BCUT2D eigenvalue weighted by Gasteiger charge is -2.44. The maximum atomic E-state index is 12.8. The van der Waals surface area contributed by atoms with Crippen molar-refractivity contribution in [2.45, 2.75) is 52.0 Å². The van der Waals surface area contributed by atoms with Crippen LogP contribution in [0.1, 0.15) is 48.8 Å². The molecule has 166 valence electrons. The van der Waals surface area contributed by atoms with Gasteiger partial charge in [-0.2, -0.15) is 0 Å². The van der Waals surface area contributed by atoms with E-state index in [4.69, 9.17) is 4.74 Å². The second kappa shape index (κ2) is 9.86. The normalized spacial score (nSPS) is 20.5. The van der Waals surface area contributed by atoms with E-state index in [-0.39, 0.29) is 17.9 Å². The summed E-state index contributed by atoms with van der Waals surface area (Å²) < 4.78 is 5.91. The Morgan fingerprint density at radius 2 is 1.71 bits per heavy atom. The first-order valence-electron chi connectivity index (χ1n) is 11.8. The van der Waals surface area contributed by atoms with Crippen molar-refractivity contribution in [3.63, 3.8) is 0 Å². The molecular formula is C27H36N2O2. The number of fused-ring (bicyclic) bond motifs is 1. The van der Waals surface area contributed by atoms with Gasteiger partial charge in [0.1, 0.15) is 5.75 Å². The van der Waals surface area contributed by atoms with Crippen LogP contribution in [-0.2, 0) is 17.8 Å². The van der Waals surface area contributed by atoms with Crippen LogP contribution in [0, 0.1) is 12.3 Å². The molecule has 2 aliphatic rings. The zero-order valence-electron chi connectivity index (χ0n) is 19.1. The minimum absolute atomic E-state index is 0.0804. The highest BCUT2D eigenvalue weighted by atomic mass is 16.5. The Labute approximate surface area is 187 Å². The van der Waals surface area contributed by atoms with Gasteiger partial charge in [-0.25, -0.2) is 0 Å². The Hall–Kier alpha value is -2.33. The lowest BCUT2D eigenvalue weighted by Crippen LogP contribution is -2.47. The number of benzene rings is 2. The number of carbonyl (C=O) groups excluding carboxylic acids is 1. The highest BCUT2D eigenvalue weighted by molar-refractivity contribution is 5.77. The average molecular weight is 421 g/mol. The van der Waals surface area contributed by atoms with Gasteiger partial charge in [0.2, 0.25) is 0 Å². The zero-order chi connectivity index (χ0) is 21.7. The summed E-state index contributed by atoms with van der Waals surface area (Å²) in [6.07, 6.45) is 6.92. The lowest BCUT2D eigenvalue weighted by atomic mass is 9.73. The Morgan fingerprint density at radius 1 is 0.968 bits per heavy atom. The van der Waals surface area contributed by atoms with E-state index in [1.807, 2.05) is 24.1 Å². The molecule has 2 aromatic rings. The van der Waals surface area contributed by atoms with Gasteiger partial charge in [-0.15, -0.1) is 0 Å². The minimum Gasteiger partial charge on any atom is -0.483 e. The number of likely N-dealkylation sites (tertiary alicyclic amines) is 1. The summed E-state index contributed by atoms with van der Waals surface area (Å²) in [6, 6.07) is 17.1. The maximum absolute atomic E-state index is 12.8. The van der Waals surface area contributed by atoms with Gasteiger partial charge < -0.3 is 9.64 Å². The molecule has 0 unspecified atom stereocenters. The average Bonchev–Trinajstić information content (AvgIpc) is 2.78. The summed E-state index contributed by atoms with van der Waals surface area (Å²) in [5.74, 6) is 0.945. The number of carbonyl (C=O) groups is 1. The van der Waals surface area contributed by atoms with Crippen molar-refractivity contribution < 1.29 is 9.53 Å². The molecule has 2 aromatic carbocycles. The quantitative estimate of drug-likeness (QED) is 0.697. The van der Waals surface area contributed by atoms with Gasteiger partial charge in [0.05, 0.1) is 0 Å². The van der Waals surface area contributed by atoms with E-state index >= 15 is 0 Å². The topological polar surface area (TPSA) is 32.8 Å². The molecule has 4 heteroatoms. The molecule has 0 saturated carbocycles. The van der Waals surface area contributed by atoms with Gasteiger partial charge in [0, 0.05) is 20.1 Å². The number of rotatable bonds is 2. The Balaban J connectivity index is 1.41. The molecule has 31 heavy (non-hydrogen) atoms. The van der Waals surface area contributed by atoms with E-state index in [0.29, 0.717) is 0 Å². The van der Waals surface area contributed by atoms with Crippen LogP contribution in [0.3, 0.4) is 0 Å². The minimum atomic E-state index is 0.0804. The van der Waals surface area contributed by atoms with Crippen LogP contribution in [0.2, 0.25) is 0 Å². The molecule has 4 rings (SSSR count). The smallest absolute Gasteiger partial charge is 0.260 e. The van der Waals surface area contributed by atoms with Gasteiger partial charge >= 0.3 is 0 Å². The molecule has 1 spiro atoms. The number of aryl methyl sites for hydroxylation is 2. The molecule has 2 aliphatic heterocycles. The van der Waals surface area contributed by atoms with Crippen LogP contribution >= 0.6 is 0 Å². The third-order valence-electron chi connectivity index (χ3n) is 7.17. The first-order valence-corrected chi connectivity index (χ1v) is 11.8. The predicted octanol–water partition coefficient (Wildman–Crippen LogP) is 4.84. The van der Waals surface area contributed by atoms with Gasteiger partial charge in [0.15, 0.2) is 6.61 Å². The lowest BCUT2D eigenvalue weighted by molar-refractivity contribution is -0.134. The molecule has 2 heterocycles. The molecule has 1 amide bonds. The number of nitrogens with zero attached hydrogens (tertiary/aromatic N) is 2. The molecule has 1 saturated heterocycles. The Bertz CT molecular complexity index is 869. The second-order valence-electron chi connectivity index (χ2n) is 9.62. The van der Waals surface area contributed by atoms with Crippen molar-refractivity contribution in [2.24, 2.45) is 5.41 Å². The van der Waals surface area contributed by atoms with Crippen molar-refractivity contribution in [2.75, 3.05) is 33.3 Å². The summed E-state index contributed by atoms with van der Waals surface area (Å²) in [7, 11) is 1.95. The van der Waals surface area contributed by atoms with E-state index in [2.05, 4.69) is 48.2 Å². The molecule has 0 aliphatic carbocycles. The highest BCUT2D eigenvalue weighted by Crippen LogP contribution is 2.38. The Kier molecular flexibility index (Phi) is 6.96. The summed E-state index contributed by atoms with van der Waals surface area (Å²) in [4.78, 5) is 17.3. The summed E-state index contributed by atoms with van der Waals surface area (Å²) in [5, 5.41) is 0. The third-order valence-corrected chi connectivity index (χ3v) is 7.17. The molecule has 0 radical (unpaired) electrons. The van der Waals surface area contributed by atoms with E-state index in [1.165, 1.54) is 36.0 Å². The number of para-hydroxylation sites is 1. The third kappa shape index (κ3) is 5.68. The standard InChI is InChI=1S/C27H36N2O2/c1-22-10-12-23(13-11-22)19-29-17-15-27(16-18-29)14-6-5-8-24-7-3-4-9-25(24)31-20-26(30)28(2)21-27/h3-4,7,9-13H,5-6,8,14-21H2,1-2H3. The highest BCUT2D eigenvalue weighted by Gasteiger charge is 2.36. The molecule has 0 bridgehead atoms. The Morgan fingerprint density at radius 3 is 2.48 bits per heavy atom. The van der Waals surface area contributed by atoms with Gasteiger partial charge in [-0.1, -0.05) is 54.4 Å². The zero-order valence-corrected chi connectivity index (χ0v) is 19.1. The number of hydrogen-bond acceptors (Lipinski definition) is 3. The van der Waals surface area contributed by atoms with E-state index < -0.39 is 0 Å². The van der Waals surface area contributed by atoms with E-state index in [1.54, 1.807) is 0 Å². The fraction of sp³-hybridized carbons (Fsp3) is 0.519. The molecule has 0 N–H and O–H groups in total. The SMILES string of the molecule is Cc1ccc(CN2CCC3(CCCCc4ccccc4OCC(=O)N(C)C3)CC2)cc1. The van der Waals surface area contributed by atoms with Crippen molar-refractivity contribution in [1.82, 2.24) is 9.80 Å². The van der Waals surface area contributed by atoms with Crippen LogP contribution in [-0.4, -0.2) is 49.0 Å². The van der Waals surface area contributed by atoms with Crippen LogP contribution in [0.25, 0.3) is 0 Å². The number of amides is 1. The van der Waals surface area contributed by atoms with Crippen LogP contribution in [0.5, 0.6) is 5.75 Å². The van der Waals surface area contributed by atoms with Gasteiger partial charge in [-0.3, -0.25) is 9.69 Å². The van der Waals surface area contributed by atoms with Gasteiger partial charge in [-0.05, 0) is 74.7 Å². The number of ether oxygens (including phenoxy) is 1. The second-order valence-corrected chi connectivity index (χ2v) is 9.62. The summed E-state index contributed by atoms with van der Waals surface area (Å²) >= 11 is 0. The molecular weight excluding hydrogens is 384 g/mol. The van der Waals surface area contributed by atoms with Crippen molar-refractivity contribution >= 4 is 5.91 Å². The molecule has 1 fully saturated rings. The fourth-order valence-electron chi connectivity index (χ4n) is 5.13. The first-order chi connectivity index (χ1) is 15.0. The van der Waals surface area contributed by atoms with Crippen molar-refractivity contribution in [3.8, 4) is 5.75 Å². The number of likely N-dealkylation sites (N-methyl/N-ethyl adjacent to an activating group) is 1. The predicted molar refractivity (Wildman–Crippen MR) is 125 cm³/mol. The molecule has 0 atom stereocenters.